The number of hydrogen-bond acceptors (Lipinski definition) is 6. The Kier molecular flexibility index (Phi) is 5.64. The number of para-hydroxylation sites is 1. The number of fused-ring (bicyclic) bond motifs is 4. The fourth-order valence-electron chi connectivity index (χ4n) is 5.13. The van der Waals surface area contributed by atoms with Crippen LogP contribution in [-0.4, -0.2) is 53.6 Å². The number of amides is 1. The van der Waals surface area contributed by atoms with E-state index in [2.05, 4.69) is 23.2 Å². The zero-order valence-corrected chi connectivity index (χ0v) is 19.5. The molecule has 0 aromatic heterocycles. The molecule has 3 heterocycles. The van der Waals surface area contributed by atoms with Gasteiger partial charge in [-0.05, 0) is 49.7 Å². The van der Waals surface area contributed by atoms with E-state index >= 15 is 0 Å². The number of nitrogens with zero attached hydrogens (tertiary/aromatic N) is 3. The lowest BCUT2D eigenvalue weighted by Gasteiger charge is -2.51. The molecule has 1 spiro atoms. The van der Waals surface area contributed by atoms with Gasteiger partial charge in [0.2, 0.25) is 11.6 Å². The van der Waals surface area contributed by atoms with Crippen molar-refractivity contribution < 1.29 is 19.0 Å². The first-order valence-electron chi connectivity index (χ1n) is 11.8. The molecule has 7 nitrogen and oxygen atoms in total. The molecular weight excluding hydrogens is 418 g/mol. The Bertz CT molecular complexity index is 1060. The molecule has 2 aromatic rings. The second-order valence-electron chi connectivity index (χ2n) is 8.73. The predicted molar refractivity (Wildman–Crippen MR) is 126 cm³/mol. The van der Waals surface area contributed by atoms with Gasteiger partial charge >= 0.3 is 0 Å². The molecule has 0 unspecified atom stereocenters. The topological polar surface area (TPSA) is 63.6 Å². The van der Waals surface area contributed by atoms with Crippen molar-refractivity contribution in [2.45, 2.75) is 51.8 Å². The minimum atomic E-state index is -0.593. The van der Waals surface area contributed by atoms with Gasteiger partial charge in [0, 0.05) is 44.8 Å². The first kappa shape index (κ1) is 21.6. The van der Waals surface area contributed by atoms with E-state index in [0.29, 0.717) is 39.1 Å². The predicted octanol–water partition coefficient (Wildman–Crippen LogP) is 4.37. The molecule has 0 N–H and O–H groups in total. The van der Waals surface area contributed by atoms with Gasteiger partial charge in [-0.1, -0.05) is 12.1 Å². The van der Waals surface area contributed by atoms with Gasteiger partial charge in [0.15, 0.2) is 11.5 Å². The molecule has 3 aliphatic rings. The molecule has 3 aliphatic heterocycles. The summed E-state index contributed by atoms with van der Waals surface area (Å²) < 4.78 is 18.3. The number of hydrazone groups is 1. The van der Waals surface area contributed by atoms with Crippen molar-refractivity contribution in [2.24, 2.45) is 5.10 Å². The first-order chi connectivity index (χ1) is 16.0. The molecule has 5 rings (SSSR count). The van der Waals surface area contributed by atoms with Gasteiger partial charge in [-0.15, -0.1) is 0 Å². The Balaban J connectivity index is 1.52. The molecule has 0 bridgehead atoms. The number of rotatable bonds is 5. The highest BCUT2D eigenvalue weighted by Gasteiger charge is 2.52. The number of carbonyl (C=O) groups excluding carboxylic acids is 1. The van der Waals surface area contributed by atoms with Crippen molar-refractivity contribution >= 4 is 11.6 Å². The lowest BCUT2D eigenvalue weighted by atomic mass is 9.90. The fourth-order valence-corrected chi connectivity index (χ4v) is 5.13. The third-order valence-corrected chi connectivity index (χ3v) is 6.78. The molecule has 1 saturated heterocycles. The van der Waals surface area contributed by atoms with Gasteiger partial charge in [-0.25, -0.2) is 5.01 Å². The van der Waals surface area contributed by atoms with Crippen LogP contribution in [0.1, 0.15) is 57.2 Å². The van der Waals surface area contributed by atoms with Crippen LogP contribution in [0.25, 0.3) is 0 Å². The Labute approximate surface area is 194 Å². The van der Waals surface area contributed by atoms with Crippen molar-refractivity contribution in [1.29, 1.82) is 0 Å². The molecule has 1 amide bonds. The Morgan fingerprint density at radius 2 is 1.82 bits per heavy atom. The van der Waals surface area contributed by atoms with Crippen LogP contribution < -0.4 is 14.2 Å². The summed E-state index contributed by atoms with van der Waals surface area (Å²) in [6.07, 6.45) is 2.18. The summed E-state index contributed by atoms with van der Waals surface area (Å²) in [4.78, 5) is 13.8. The SMILES string of the molecule is CCOc1ccc(C2=NN3[C@@H](C2)c2cccc(OCC)c2OC32CCN(C(C)=O)CC2)cc1. The zero-order valence-electron chi connectivity index (χ0n) is 19.5. The normalized spacial score (nSPS) is 20.6. The maximum Gasteiger partial charge on any atom is 0.219 e. The van der Waals surface area contributed by atoms with E-state index in [0.717, 1.165) is 40.5 Å². The summed E-state index contributed by atoms with van der Waals surface area (Å²) in [5, 5.41) is 7.28. The average molecular weight is 450 g/mol. The monoisotopic (exact) mass is 449 g/mol. The van der Waals surface area contributed by atoms with Crippen LogP contribution in [0.2, 0.25) is 0 Å². The van der Waals surface area contributed by atoms with Gasteiger partial charge in [0.25, 0.3) is 0 Å². The molecule has 1 atom stereocenters. The summed E-state index contributed by atoms with van der Waals surface area (Å²) in [6.45, 7) is 8.12. The number of benzene rings is 2. The summed E-state index contributed by atoms with van der Waals surface area (Å²) >= 11 is 0. The summed E-state index contributed by atoms with van der Waals surface area (Å²) in [5.41, 5.74) is 2.63. The zero-order chi connectivity index (χ0) is 23.0. The van der Waals surface area contributed by atoms with Crippen LogP contribution in [0.15, 0.2) is 47.6 Å². The van der Waals surface area contributed by atoms with Crippen LogP contribution in [0.4, 0.5) is 0 Å². The van der Waals surface area contributed by atoms with Crippen LogP contribution in [0.5, 0.6) is 17.2 Å². The van der Waals surface area contributed by atoms with Crippen LogP contribution in [0.3, 0.4) is 0 Å². The molecule has 0 aliphatic carbocycles. The molecule has 2 aromatic carbocycles. The molecule has 1 fully saturated rings. The maximum absolute atomic E-state index is 12.0. The highest BCUT2D eigenvalue weighted by Crippen LogP contribution is 2.52. The molecule has 33 heavy (non-hydrogen) atoms. The largest absolute Gasteiger partial charge is 0.494 e. The average Bonchev–Trinajstić information content (AvgIpc) is 3.28. The van der Waals surface area contributed by atoms with E-state index < -0.39 is 5.72 Å². The van der Waals surface area contributed by atoms with Gasteiger partial charge < -0.3 is 19.1 Å². The van der Waals surface area contributed by atoms with Gasteiger partial charge in [-0.2, -0.15) is 5.10 Å². The van der Waals surface area contributed by atoms with Crippen molar-refractivity contribution in [3.63, 3.8) is 0 Å². The molecule has 7 heteroatoms. The Morgan fingerprint density at radius 3 is 2.48 bits per heavy atom. The Hall–Kier alpha value is -3.22. The number of ether oxygens (including phenoxy) is 3. The molecule has 0 saturated carbocycles. The van der Waals surface area contributed by atoms with Crippen molar-refractivity contribution in [1.82, 2.24) is 9.91 Å². The van der Waals surface area contributed by atoms with Gasteiger partial charge in [0.05, 0.1) is 25.0 Å². The summed E-state index contributed by atoms with van der Waals surface area (Å²) in [6, 6.07) is 14.3. The van der Waals surface area contributed by atoms with E-state index in [1.807, 2.05) is 43.0 Å². The van der Waals surface area contributed by atoms with E-state index in [-0.39, 0.29) is 11.9 Å². The standard InChI is InChI=1S/C26H31N3O4/c1-4-31-20-11-9-19(10-12-20)22-17-23-21-7-6-8-24(32-5-2)25(21)33-26(29(23)27-22)13-15-28(16-14-26)18(3)30/h6-12,23H,4-5,13-17H2,1-3H3/t23-/m0/s1. The Morgan fingerprint density at radius 1 is 1.09 bits per heavy atom. The highest BCUT2D eigenvalue weighted by molar-refractivity contribution is 6.02. The molecule has 0 radical (unpaired) electrons. The smallest absolute Gasteiger partial charge is 0.219 e. The van der Waals surface area contributed by atoms with E-state index in [9.17, 15) is 4.79 Å². The minimum Gasteiger partial charge on any atom is -0.494 e. The van der Waals surface area contributed by atoms with Crippen LogP contribution >= 0.6 is 0 Å². The van der Waals surface area contributed by atoms with E-state index in [1.54, 1.807) is 6.92 Å². The summed E-state index contributed by atoms with van der Waals surface area (Å²) in [7, 11) is 0. The third kappa shape index (κ3) is 3.79. The molecular formula is C26H31N3O4. The fraction of sp³-hybridized carbons (Fsp3) is 0.462. The number of carbonyl (C=O) groups is 1. The van der Waals surface area contributed by atoms with Crippen molar-refractivity contribution in [2.75, 3.05) is 26.3 Å². The van der Waals surface area contributed by atoms with E-state index in [1.165, 1.54) is 0 Å². The van der Waals surface area contributed by atoms with Crippen LogP contribution in [0, 0.1) is 0 Å². The number of hydrogen-bond donors (Lipinski definition) is 0. The number of piperidine rings is 1. The second-order valence-corrected chi connectivity index (χ2v) is 8.73. The first-order valence-corrected chi connectivity index (χ1v) is 11.8. The van der Waals surface area contributed by atoms with Gasteiger partial charge in [-0.3, -0.25) is 4.79 Å². The van der Waals surface area contributed by atoms with Crippen LogP contribution in [-0.2, 0) is 4.79 Å². The quantitative estimate of drug-likeness (QED) is 0.679. The lowest BCUT2D eigenvalue weighted by Crippen LogP contribution is -2.59. The number of likely N-dealkylation sites (tertiary alicyclic amines) is 1. The minimum absolute atomic E-state index is 0.0691. The maximum atomic E-state index is 12.0. The van der Waals surface area contributed by atoms with Crippen molar-refractivity contribution in [3.05, 3.63) is 53.6 Å². The highest BCUT2D eigenvalue weighted by atomic mass is 16.6. The lowest BCUT2D eigenvalue weighted by molar-refractivity contribution is -0.159. The molecule has 174 valence electrons. The van der Waals surface area contributed by atoms with Gasteiger partial charge in [0.1, 0.15) is 5.75 Å². The van der Waals surface area contributed by atoms with E-state index in [4.69, 9.17) is 19.3 Å². The second kappa shape index (κ2) is 8.61. The summed E-state index contributed by atoms with van der Waals surface area (Å²) in [5.74, 6) is 2.56. The van der Waals surface area contributed by atoms with Crippen molar-refractivity contribution in [3.8, 4) is 17.2 Å². The third-order valence-electron chi connectivity index (χ3n) is 6.78.